The van der Waals surface area contributed by atoms with Gasteiger partial charge in [-0.05, 0) is 12.1 Å². The fourth-order valence-corrected chi connectivity index (χ4v) is 3.65. The van der Waals surface area contributed by atoms with E-state index in [0.717, 1.165) is 39.2 Å². The summed E-state index contributed by atoms with van der Waals surface area (Å²) in [5, 5.41) is 4.55. The normalized spacial score (nSPS) is 14.2. The summed E-state index contributed by atoms with van der Waals surface area (Å²) < 4.78 is 5.04. The van der Waals surface area contributed by atoms with Gasteiger partial charge in [-0.2, -0.15) is 0 Å². The molecule has 0 fully saturated rings. The summed E-state index contributed by atoms with van der Waals surface area (Å²) >= 11 is 1.84. The first-order chi connectivity index (χ1) is 10.4. The maximum Gasteiger partial charge on any atom is 0.107 e. The molecule has 0 amide bonds. The van der Waals surface area contributed by atoms with Crippen LogP contribution >= 0.6 is 11.3 Å². The molecule has 1 aliphatic rings. The number of nitrogens with zero attached hydrogens (tertiary/aromatic N) is 2. The van der Waals surface area contributed by atoms with Crippen LogP contribution in [-0.2, 0) is 24.2 Å². The molecule has 0 saturated heterocycles. The Hall–Kier alpha value is -1.43. The number of rotatable bonds is 6. The Kier molecular flexibility index (Phi) is 4.85. The topological polar surface area (TPSA) is 37.4 Å². The highest BCUT2D eigenvalue weighted by Gasteiger charge is 2.20. The molecule has 112 valence electrons. The van der Waals surface area contributed by atoms with E-state index in [1.165, 1.54) is 21.3 Å². The molecule has 0 saturated carbocycles. The number of fused-ring (bicyclic) bond motifs is 1. The van der Waals surface area contributed by atoms with Crippen LogP contribution in [-0.4, -0.2) is 31.8 Å². The maximum atomic E-state index is 5.04. The van der Waals surface area contributed by atoms with Crippen molar-refractivity contribution in [2.24, 2.45) is 0 Å². The Morgan fingerprint density at radius 1 is 1.33 bits per heavy atom. The van der Waals surface area contributed by atoms with Gasteiger partial charge in [0.1, 0.15) is 5.01 Å². The minimum atomic E-state index is 0.743. The monoisotopic (exact) mass is 303 g/mol. The lowest BCUT2D eigenvalue weighted by Gasteiger charge is -2.28. The van der Waals surface area contributed by atoms with Crippen LogP contribution in [0.2, 0.25) is 0 Å². The van der Waals surface area contributed by atoms with Gasteiger partial charge in [0.15, 0.2) is 0 Å². The van der Waals surface area contributed by atoms with E-state index in [1.807, 2.05) is 11.3 Å². The molecule has 0 aliphatic carbocycles. The van der Waals surface area contributed by atoms with Crippen LogP contribution in [0.25, 0.3) is 0 Å². The van der Waals surface area contributed by atoms with Crippen LogP contribution in [0.3, 0.4) is 0 Å². The number of nitrogens with one attached hydrogen (secondary N) is 1. The Labute approximate surface area is 129 Å². The van der Waals surface area contributed by atoms with Crippen molar-refractivity contribution >= 4 is 17.0 Å². The Morgan fingerprint density at radius 3 is 3.00 bits per heavy atom. The van der Waals surface area contributed by atoms with Crippen molar-refractivity contribution in [3.8, 4) is 0 Å². The summed E-state index contributed by atoms with van der Waals surface area (Å²) in [5.41, 5.74) is 2.59. The van der Waals surface area contributed by atoms with Crippen LogP contribution < -0.4 is 10.2 Å². The molecule has 5 heteroatoms. The van der Waals surface area contributed by atoms with E-state index in [1.54, 1.807) is 7.11 Å². The number of para-hydroxylation sites is 1. The molecule has 2 aromatic rings. The molecular formula is C16H21N3OS. The lowest BCUT2D eigenvalue weighted by molar-refractivity contribution is 0.199. The van der Waals surface area contributed by atoms with Crippen LogP contribution in [0.1, 0.15) is 15.6 Å². The summed E-state index contributed by atoms with van der Waals surface area (Å²) in [7, 11) is 1.72. The third-order valence-electron chi connectivity index (χ3n) is 3.66. The SMILES string of the molecule is COCCNCc1nc2c(s1)CN(c1ccccc1)CC2. The van der Waals surface area contributed by atoms with Gasteiger partial charge < -0.3 is 15.0 Å². The van der Waals surface area contributed by atoms with Crippen LogP contribution in [0.5, 0.6) is 0 Å². The van der Waals surface area contributed by atoms with Gasteiger partial charge in [0, 0.05) is 43.7 Å². The third-order valence-corrected chi connectivity index (χ3v) is 4.74. The summed E-state index contributed by atoms with van der Waals surface area (Å²) in [4.78, 5) is 8.61. The molecular weight excluding hydrogens is 282 g/mol. The molecule has 4 nitrogen and oxygen atoms in total. The Balaban J connectivity index is 1.62. The second-order valence-electron chi connectivity index (χ2n) is 5.15. The summed E-state index contributed by atoms with van der Waals surface area (Å²) in [6.07, 6.45) is 1.04. The number of benzene rings is 1. The highest BCUT2D eigenvalue weighted by atomic mass is 32.1. The van der Waals surface area contributed by atoms with Crippen molar-refractivity contribution in [2.75, 3.05) is 31.7 Å². The Morgan fingerprint density at radius 2 is 2.19 bits per heavy atom. The quantitative estimate of drug-likeness (QED) is 0.832. The number of hydrogen-bond acceptors (Lipinski definition) is 5. The lowest BCUT2D eigenvalue weighted by atomic mass is 10.1. The lowest BCUT2D eigenvalue weighted by Crippen LogP contribution is -2.29. The highest BCUT2D eigenvalue weighted by Crippen LogP contribution is 2.28. The van der Waals surface area contributed by atoms with Gasteiger partial charge in [-0.25, -0.2) is 4.98 Å². The van der Waals surface area contributed by atoms with E-state index >= 15 is 0 Å². The molecule has 0 unspecified atom stereocenters. The second-order valence-corrected chi connectivity index (χ2v) is 6.32. The van der Waals surface area contributed by atoms with Gasteiger partial charge in [-0.3, -0.25) is 0 Å². The zero-order chi connectivity index (χ0) is 14.5. The highest BCUT2D eigenvalue weighted by molar-refractivity contribution is 7.11. The molecule has 0 bridgehead atoms. The minimum Gasteiger partial charge on any atom is -0.383 e. The van der Waals surface area contributed by atoms with E-state index in [4.69, 9.17) is 9.72 Å². The standard InChI is InChI=1S/C16H21N3OS/c1-20-10-8-17-11-16-18-14-7-9-19(12-15(14)21-16)13-5-3-2-4-6-13/h2-6,17H,7-12H2,1H3. The first-order valence-electron chi connectivity index (χ1n) is 7.34. The molecule has 0 spiro atoms. The van der Waals surface area contributed by atoms with Crippen molar-refractivity contribution in [1.82, 2.24) is 10.3 Å². The minimum absolute atomic E-state index is 0.743. The largest absolute Gasteiger partial charge is 0.383 e. The van der Waals surface area contributed by atoms with Crippen LogP contribution in [0.15, 0.2) is 30.3 Å². The summed E-state index contributed by atoms with van der Waals surface area (Å²) in [5.74, 6) is 0. The molecule has 0 radical (unpaired) electrons. The molecule has 2 heterocycles. The van der Waals surface area contributed by atoms with Crippen molar-refractivity contribution in [1.29, 1.82) is 0 Å². The first kappa shape index (κ1) is 14.5. The zero-order valence-electron chi connectivity index (χ0n) is 12.3. The molecule has 21 heavy (non-hydrogen) atoms. The average molecular weight is 303 g/mol. The fraction of sp³-hybridized carbons (Fsp3) is 0.438. The van der Waals surface area contributed by atoms with E-state index in [0.29, 0.717) is 0 Å². The van der Waals surface area contributed by atoms with Crippen molar-refractivity contribution in [3.63, 3.8) is 0 Å². The molecule has 1 N–H and O–H groups in total. The third kappa shape index (κ3) is 3.61. The summed E-state index contributed by atoms with van der Waals surface area (Å²) in [6.45, 7) is 4.49. The van der Waals surface area contributed by atoms with Gasteiger partial charge in [0.2, 0.25) is 0 Å². The van der Waals surface area contributed by atoms with Crippen molar-refractivity contribution < 1.29 is 4.74 Å². The molecule has 1 aromatic heterocycles. The van der Waals surface area contributed by atoms with E-state index < -0.39 is 0 Å². The molecule has 1 aromatic carbocycles. The number of anilines is 1. The number of aromatic nitrogens is 1. The van der Waals surface area contributed by atoms with Gasteiger partial charge in [-0.15, -0.1) is 11.3 Å². The number of thiazole rings is 1. The van der Waals surface area contributed by atoms with Gasteiger partial charge in [0.05, 0.1) is 18.8 Å². The van der Waals surface area contributed by atoms with Crippen LogP contribution in [0.4, 0.5) is 5.69 Å². The number of ether oxygens (including phenoxy) is 1. The Bertz CT molecular complexity index is 570. The van der Waals surface area contributed by atoms with Gasteiger partial charge in [0.25, 0.3) is 0 Å². The van der Waals surface area contributed by atoms with E-state index in [2.05, 4.69) is 40.5 Å². The number of methoxy groups -OCH3 is 1. The van der Waals surface area contributed by atoms with Crippen molar-refractivity contribution in [3.05, 3.63) is 45.9 Å². The molecule has 3 rings (SSSR count). The number of hydrogen-bond donors (Lipinski definition) is 1. The summed E-state index contributed by atoms with van der Waals surface area (Å²) in [6, 6.07) is 10.6. The smallest absolute Gasteiger partial charge is 0.107 e. The zero-order valence-corrected chi connectivity index (χ0v) is 13.2. The van der Waals surface area contributed by atoms with E-state index in [-0.39, 0.29) is 0 Å². The van der Waals surface area contributed by atoms with Crippen LogP contribution in [0, 0.1) is 0 Å². The van der Waals surface area contributed by atoms with Crippen molar-refractivity contribution in [2.45, 2.75) is 19.5 Å². The molecule has 0 atom stereocenters. The average Bonchev–Trinajstić information content (AvgIpc) is 2.94. The van der Waals surface area contributed by atoms with E-state index in [9.17, 15) is 0 Å². The van der Waals surface area contributed by atoms with Gasteiger partial charge in [-0.1, -0.05) is 18.2 Å². The molecule has 1 aliphatic heterocycles. The second kappa shape index (κ2) is 7.02. The predicted octanol–water partition coefficient (Wildman–Crippen LogP) is 2.44. The predicted molar refractivity (Wildman–Crippen MR) is 86.9 cm³/mol. The first-order valence-corrected chi connectivity index (χ1v) is 8.15. The fourth-order valence-electron chi connectivity index (χ4n) is 2.55. The maximum absolute atomic E-state index is 5.04. The van der Waals surface area contributed by atoms with Gasteiger partial charge >= 0.3 is 0 Å².